The van der Waals surface area contributed by atoms with Crippen molar-refractivity contribution in [2.75, 3.05) is 0 Å². The molecule has 3 aromatic rings. The number of Topliss-reactive ketones (excluding diaryl/α,β-unsaturated/α-hetero) is 2. The Hall–Kier alpha value is -4.40. The van der Waals surface area contributed by atoms with Gasteiger partial charge in [0, 0.05) is 11.6 Å². The summed E-state index contributed by atoms with van der Waals surface area (Å²) in [7, 11) is 0. The zero-order valence-corrected chi connectivity index (χ0v) is 18.8. The van der Waals surface area contributed by atoms with Crippen molar-refractivity contribution in [3.05, 3.63) is 69.2 Å². The van der Waals surface area contributed by atoms with Gasteiger partial charge in [-0.05, 0) is 45.9 Å². The van der Waals surface area contributed by atoms with E-state index in [0.717, 1.165) is 0 Å². The lowest BCUT2D eigenvalue weighted by Crippen LogP contribution is -2.36. The highest BCUT2D eigenvalue weighted by atomic mass is 16.5. The van der Waals surface area contributed by atoms with Crippen LogP contribution in [-0.4, -0.2) is 42.6 Å². The number of aromatic hydroxyl groups is 2. The molecule has 0 saturated carbocycles. The number of hydrogen-bond donors (Lipinski definition) is 3. The number of benzene rings is 2. The third-order valence-electron chi connectivity index (χ3n) is 6.58. The number of allylic oxidation sites excluding steroid dienone is 1. The Bertz CT molecular complexity index is 1510. The number of aromatic carboxylic acids is 1. The lowest BCUT2D eigenvalue weighted by atomic mass is 9.71. The molecule has 5 rings (SSSR count). The lowest BCUT2D eigenvalue weighted by Gasteiger charge is -2.27. The van der Waals surface area contributed by atoms with E-state index < -0.39 is 28.7 Å². The lowest BCUT2D eigenvalue weighted by molar-refractivity contribution is 0.0696. The predicted octanol–water partition coefficient (Wildman–Crippen LogP) is 3.69. The minimum Gasteiger partial charge on any atom is -0.507 e. The normalized spacial score (nSPS) is 18.0. The molecule has 9 nitrogen and oxygen atoms in total. The van der Waals surface area contributed by atoms with Crippen molar-refractivity contribution in [2.24, 2.45) is 0 Å². The molecule has 2 heterocycles. The first kappa shape index (κ1) is 21.4. The van der Waals surface area contributed by atoms with E-state index in [2.05, 4.69) is 5.10 Å². The van der Waals surface area contributed by atoms with Crippen LogP contribution >= 0.6 is 0 Å². The topological polar surface area (TPSA) is 139 Å². The van der Waals surface area contributed by atoms with Crippen LogP contribution in [0, 0.1) is 13.8 Å². The van der Waals surface area contributed by atoms with E-state index >= 15 is 0 Å². The molecule has 1 aliphatic heterocycles. The average Bonchev–Trinajstić information content (AvgIpc) is 3.27. The van der Waals surface area contributed by atoms with Gasteiger partial charge in [-0.15, -0.1) is 0 Å². The van der Waals surface area contributed by atoms with Crippen LogP contribution in [0.15, 0.2) is 30.0 Å². The minimum absolute atomic E-state index is 0.0506. The maximum Gasteiger partial charge on any atom is 0.335 e. The Kier molecular flexibility index (Phi) is 4.29. The van der Waals surface area contributed by atoms with Crippen molar-refractivity contribution in [1.29, 1.82) is 0 Å². The fourth-order valence-electron chi connectivity index (χ4n) is 4.75. The number of nitrogens with zero attached hydrogens (tertiary/aromatic N) is 2. The van der Waals surface area contributed by atoms with Gasteiger partial charge < -0.3 is 20.1 Å². The van der Waals surface area contributed by atoms with E-state index in [0.29, 0.717) is 17.1 Å². The summed E-state index contributed by atoms with van der Waals surface area (Å²) in [5, 5.41) is 35.2. The van der Waals surface area contributed by atoms with Crippen LogP contribution < -0.4 is 4.74 Å². The molecule has 1 atom stereocenters. The molecule has 0 saturated heterocycles. The maximum atomic E-state index is 13.9. The Morgan fingerprint density at radius 3 is 2.50 bits per heavy atom. The molecular weight excluding hydrogens is 440 g/mol. The largest absolute Gasteiger partial charge is 0.507 e. The second-order valence-corrected chi connectivity index (χ2v) is 8.64. The molecule has 0 amide bonds. The Morgan fingerprint density at radius 2 is 1.85 bits per heavy atom. The number of aromatic nitrogens is 2. The number of carbonyl (C=O) groups is 3. The summed E-state index contributed by atoms with van der Waals surface area (Å²) in [6.07, 6.45) is 1.60. The smallest absolute Gasteiger partial charge is 0.335 e. The predicted molar refractivity (Wildman–Crippen MR) is 120 cm³/mol. The highest BCUT2D eigenvalue weighted by Gasteiger charge is 2.55. The Labute approximate surface area is 193 Å². The monoisotopic (exact) mass is 460 g/mol. The second kappa shape index (κ2) is 6.80. The fourth-order valence-corrected chi connectivity index (χ4v) is 4.75. The summed E-state index contributed by atoms with van der Waals surface area (Å²) in [6, 6.07) is 6.14. The van der Waals surface area contributed by atoms with Crippen LogP contribution in [0.25, 0.3) is 11.8 Å². The average molecular weight is 460 g/mol. The van der Waals surface area contributed by atoms with Gasteiger partial charge in [-0.25, -0.2) is 9.48 Å². The van der Waals surface area contributed by atoms with Crippen LogP contribution in [0.2, 0.25) is 0 Å². The molecule has 2 aliphatic rings. The van der Waals surface area contributed by atoms with E-state index in [1.54, 1.807) is 32.1 Å². The Morgan fingerprint density at radius 1 is 1.15 bits per heavy atom. The van der Waals surface area contributed by atoms with Gasteiger partial charge in [0.2, 0.25) is 0 Å². The molecule has 1 aliphatic carbocycles. The van der Waals surface area contributed by atoms with Crippen LogP contribution in [0.1, 0.15) is 67.4 Å². The van der Waals surface area contributed by atoms with Crippen LogP contribution in [-0.2, 0) is 5.41 Å². The molecular formula is C25H20N2O7. The number of carbonyl (C=O) groups excluding carboxylic acids is 2. The van der Waals surface area contributed by atoms with E-state index in [9.17, 15) is 29.7 Å². The molecule has 34 heavy (non-hydrogen) atoms. The van der Waals surface area contributed by atoms with Gasteiger partial charge in [0.05, 0.1) is 33.8 Å². The second-order valence-electron chi connectivity index (χ2n) is 8.64. The molecule has 0 spiro atoms. The zero-order valence-electron chi connectivity index (χ0n) is 18.8. The summed E-state index contributed by atoms with van der Waals surface area (Å²) in [6.45, 7) is 5.98. The Balaban J connectivity index is 1.78. The highest BCUT2D eigenvalue weighted by molar-refractivity contribution is 6.14. The molecule has 0 bridgehead atoms. The van der Waals surface area contributed by atoms with Gasteiger partial charge in [-0.1, -0.05) is 6.07 Å². The molecule has 0 radical (unpaired) electrons. The quantitative estimate of drug-likeness (QED) is 0.503. The summed E-state index contributed by atoms with van der Waals surface area (Å²) in [5.74, 6) is -2.57. The molecule has 2 aromatic carbocycles. The standard InChI is InChI=1S/C25H20N2O7/c1-10-20(29)18(12(3)28)22-19(21(10)30)25(4)16(34-22)9-15-17(23(25)31)11(2)26-27(15)14-7-5-6-13(8-14)24(32)33/h5-9,29-30H,1-4H3,(H,32,33)/t25-/m0/s1. The number of carboxylic acids is 1. The molecule has 9 heteroatoms. The maximum absolute atomic E-state index is 13.9. The number of ether oxygens (including phenoxy) is 1. The zero-order chi connectivity index (χ0) is 24.7. The van der Waals surface area contributed by atoms with Gasteiger partial charge in [-0.2, -0.15) is 5.10 Å². The number of phenolic OH excluding ortho intramolecular Hbond substituents is 2. The SMILES string of the molecule is CC(=O)c1c(O)c(C)c(O)c2c1OC1=Cc3c(c(C)nn3-c3cccc(C(=O)O)c3)C(=O)[C@@]12C. The van der Waals surface area contributed by atoms with Crippen molar-refractivity contribution >= 4 is 23.6 Å². The number of phenols is 2. The molecule has 1 aromatic heterocycles. The van der Waals surface area contributed by atoms with Gasteiger partial charge in [0.15, 0.2) is 11.6 Å². The minimum atomic E-state index is -1.45. The van der Waals surface area contributed by atoms with Crippen LogP contribution in [0.5, 0.6) is 17.2 Å². The summed E-state index contributed by atoms with van der Waals surface area (Å²) < 4.78 is 7.44. The number of carboxylic acid groups (broad SMARTS) is 1. The van der Waals surface area contributed by atoms with Gasteiger partial charge in [-0.3, -0.25) is 9.59 Å². The first-order chi connectivity index (χ1) is 16.0. The third-order valence-corrected chi connectivity index (χ3v) is 6.58. The summed E-state index contributed by atoms with van der Waals surface area (Å²) in [5.41, 5.74) is 0.226. The van der Waals surface area contributed by atoms with Crippen LogP contribution in [0.4, 0.5) is 0 Å². The molecule has 0 unspecified atom stereocenters. The first-order valence-corrected chi connectivity index (χ1v) is 10.5. The number of fused-ring (bicyclic) bond motifs is 4. The van der Waals surface area contributed by atoms with Crippen molar-refractivity contribution in [2.45, 2.75) is 33.1 Å². The van der Waals surface area contributed by atoms with Crippen molar-refractivity contribution in [1.82, 2.24) is 9.78 Å². The van der Waals surface area contributed by atoms with Crippen molar-refractivity contribution in [3.63, 3.8) is 0 Å². The van der Waals surface area contributed by atoms with Gasteiger partial charge in [0.1, 0.15) is 34.0 Å². The molecule has 172 valence electrons. The number of ketones is 2. The van der Waals surface area contributed by atoms with E-state index in [4.69, 9.17) is 4.74 Å². The van der Waals surface area contributed by atoms with E-state index in [-0.39, 0.29) is 45.1 Å². The molecule has 3 N–H and O–H groups in total. The van der Waals surface area contributed by atoms with Crippen molar-refractivity contribution < 1.29 is 34.4 Å². The van der Waals surface area contributed by atoms with Gasteiger partial charge >= 0.3 is 5.97 Å². The molecule has 0 fully saturated rings. The summed E-state index contributed by atoms with van der Waals surface area (Å²) >= 11 is 0. The summed E-state index contributed by atoms with van der Waals surface area (Å²) in [4.78, 5) is 37.7. The first-order valence-electron chi connectivity index (χ1n) is 10.5. The van der Waals surface area contributed by atoms with Gasteiger partial charge in [0.25, 0.3) is 0 Å². The van der Waals surface area contributed by atoms with E-state index in [1.165, 1.54) is 30.7 Å². The third kappa shape index (κ3) is 2.54. The number of aryl methyl sites for hydroxylation is 1. The fraction of sp³-hybridized carbons (Fsp3) is 0.200. The number of rotatable bonds is 3. The highest BCUT2D eigenvalue weighted by Crippen LogP contribution is 2.58. The number of hydrogen-bond acceptors (Lipinski definition) is 7. The van der Waals surface area contributed by atoms with Crippen molar-refractivity contribution in [3.8, 4) is 22.9 Å². The van der Waals surface area contributed by atoms with E-state index in [1.807, 2.05) is 0 Å². The van der Waals surface area contributed by atoms with Crippen LogP contribution in [0.3, 0.4) is 0 Å².